The highest BCUT2D eigenvalue weighted by Gasteiger charge is 2.35. The lowest BCUT2D eigenvalue weighted by molar-refractivity contribution is -0.148. The van der Waals surface area contributed by atoms with E-state index in [0.29, 0.717) is 5.56 Å². The molecule has 0 N–H and O–H groups in total. The molecule has 6 nitrogen and oxygen atoms in total. The van der Waals surface area contributed by atoms with Gasteiger partial charge in [-0.25, -0.2) is 4.79 Å². The molecule has 9 heteroatoms. The van der Waals surface area contributed by atoms with E-state index in [-0.39, 0.29) is 23.0 Å². The predicted molar refractivity (Wildman–Crippen MR) is 126 cm³/mol. The Balaban J connectivity index is 1.85. The first-order valence-corrected chi connectivity index (χ1v) is 11.0. The molecular weight excluding hydrogens is 461 g/mol. The van der Waals surface area contributed by atoms with Crippen molar-refractivity contribution in [2.75, 3.05) is 0 Å². The van der Waals surface area contributed by atoms with Crippen LogP contribution in [0, 0.1) is 6.92 Å². The van der Waals surface area contributed by atoms with Crippen molar-refractivity contribution in [3.63, 3.8) is 0 Å². The van der Waals surface area contributed by atoms with Crippen molar-refractivity contribution in [2.24, 2.45) is 0 Å². The summed E-state index contributed by atoms with van der Waals surface area (Å²) in [6.45, 7) is 10.5. The van der Waals surface area contributed by atoms with Crippen LogP contribution < -0.4 is 4.74 Å². The van der Waals surface area contributed by atoms with Gasteiger partial charge in [-0.3, -0.25) is 0 Å². The van der Waals surface area contributed by atoms with Crippen LogP contribution in [0.15, 0.2) is 47.0 Å². The molecule has 0 saturated carbocycles. The van der Waals surface area contributed by atoms with E-state index in [1.165, 1.54) is 18.2 Å². The molecule has 0 amide bonds. The number of nitrogens with zero attached hydrogens (tertiary/aromatic N) is 2. The van der Waals surface area contributed by atoms with Gasteiger partial charge in [0.25, 0.3) is 5.89 Å². The predicted octanol–water partition coefficient (Wildman–Crippen LogP) is 6.87. The molecular formula is C26H27F3N2O4. The van der Waals surface area contributed by atoms with Gasteiger partial charge < -0.3 is 14.0 Å². The van der Waals surface area contributed by atoms with Gasteiger partial charge in [0, 0.05) is 17.2 Å². The number of carbonyl (C=O) groups is 1. The van der Waals surface area contributed by atoms with E-state index in [2.05, 4.69) is 10.1 Å². The maximum Gasteiger partial charge on any atom is 0.419 e. The Morgan fingerprint density at radius 2 is 1.80 bits per heavy atom. The Labute approximate surface area is 201 Å². The second-order valence-corrected chi connectivity index (χ2v) is 9.24. The zero-order valence-electron chi connectivity index (χ0n) is 20.4. The Morgan fingerprint density at radius 1 is 1.09 bits per heavy atom. The molecule has 0 atom stereocenters. The van der Waals surface area contributed by atoms with Crippen LogP contribution in [-0.4, -0.2) is 27.8 Å². The number of carbonyl (C=O) groups excluding carboxylic acids is 1. The molecule has 0 spiro atoms. The summed E-state index contributed by atoms with van der Waals surface area (Å²) in [6, 6.07) is 8.97. The Hall–Kier alpha value is -3.62. The fraction of sp³-hybridized carbons (Fsp3) is 0.346. The average Bonchev–Trinajstić information content (AvgIpc) is 3.20. The van der Waals surface area contributed by atoms with Crippen LogP contribution in [0.4, 0.5) is 13.2 Å². The first-order chi connectivity index (χ1) is 16.2. The van der Waals surface area contributed by atoms with Gasteiger partial charge in [0.15, 0.2) is 0 Å². The minimum atomic E-state index is -4.61. The number of benzene rings is 2. The largest absolute Gasteiger partial charge is 0.490 e. The van der Waals surface area contributed by atoms with Crippen LogP contribution in [-0.2, 0) is 15.7 Å². The number of rotatable bonds is 6. The molecule has 0 aliphatic carbocycles. The van der Waals surface area contributed by atoms with Crippen molar-refractivity contribution in [2.45, 2.75) is 59.4 Å². The monoisotopic (exact) mass is 488 g/mol. The molecule has 186 valence electrons. The van der Waals surface area contributed by atoms with Gasteiger partial charge in [-0.1, -0.05) is 23.4 Å². The Bertz CT molecular complexity index is 1240. The summed E-state index contributed by atoms with van der Waals surface area (Å²) in [4.78, 5) is 16.2. The van der Waals surface area contributed by atoms with Crippen LogP contribution in [0.3, 0.4) is 0 Å². The molecule has 3 aromatic rings. The molecule has 0 unspecified atom stereocenters. The first-order valence-electron chi connectivity index (χ1n) is 11.0. The van der Waals surface area contributed by atoms with Crippen molar-refractivity contribution in [3.05, 3.63) is 59.2 Å². The lowest BCUT2D eigenvalue weighted by Crippen LogP contribution is -2.22. The highest BCUT2D eigenvalue weighted by molar-refractivity contribution is 5.87. The summed E-state index contributed by atoms with van der Waals surface area (Å²) in [7, 11) is 0. The minimum Gasteiger partial charge on any atom is -0.490 e. The zero-order valence-corrected chi connectivity index (χ0v) is 20.4. The summed E-state index contributed by atoms with van der Waals surface area (Å²) in [5, 5.41) is 3.94. The SMILES string of the molecule is Cc1cc(/C=C/C(=O)OC(C)(C)C)ccc1-c1noc(-c2ccc(OC(C)C)c(C(F)(F)F)c2)n1. The quantitative estimate of drug-likeness (QED) is 0.278. The van der Waals surface area contributed by atoms with E-state index >= 15 is 0 Å². The Kier molecular flexibility index (Phi) is 7.38. The fourth-order valence-electron chi connectivity index (χ4n) is 3.23. The third kappa shape index (κ3) is 6.94. The smallest absolute Gasteiger partial charge is 0.419 e. The third-order valence-corrected chi connectivity index (χ3v) is 4.63. The van der Waals surface area contributed by atoms with Crippen LogP contribution in [0.1, 0.15) is 51.3 Å². The summed E-state index contributed by atoms with van der Waals surface area (Å²) < 4.78 is 56.5. The summed E-state index contributed by atoms with van der Waals surface area (Å²) in [5.41, 5.74) is 0.824. The number of aromatic nitrogens is 2. The van der Waals surface area contributed by atoms with Crippen molar-refractivity contribution >= 4 is 12.0 Å². The normalized spacial score (nSPS) is 12.4. The van der Waals surface area contributed by atoms with Gasteiger partial charge >= 0.3 is 12.1 Å². The average molecular weight is 489 g/mol. The maximum absolute atomic E-state index is 13.6. The lowest BCUT2D eigenvalue weighted by atomic mass is 10.0. The molecule has 0 fully saturated rings. The fourth-order valence-corrected chi connectivity index (χ4v) is 3.23. The highest BCUT2D eigenvalue weighted by atomic mass is 19.4. The van der Waals surface area contributed by atoms with E-state index in [0.717, 1.165) is 17.2 Å². The topological polar surface area (TPSA) is 74.5 Å². The molecule has 1 aromatic heterocycles. The number of aryl methyl sites for hydroxylation is 1. The third-order valence-electron chi connectivity index (χ3n) is 4.63. The first kappa shape index (κ1) is 26.0. The highest BCUT2D eigenvalue weighted by Crippen LogP contribution is 2.39. The van der Waals surface area contributed by atoms with Crippen LogP contribution >= 0.6 is 0 Å². The van der Waals surface area contributed by atoms with E-state index in [9.17, 15) is 18.0 Å². The van der Waals surface area contributed by atoms with E-state index in [1.54, 1.807) is 52.8 Å². The standard InChI is InChI=1S/C26H27F3N2O4/c1-15(2)33-21-11-9-18(14-20(21)26(27,28)29)24-30-23(31-35-24)19-10-7-17(13-16(19)3)8-12-22(32)34-25(4,5)6/h7-15H,1-6H3/b12-8+. The molecule has 3 rings (SSSR count). The second kappa shape index (κ2) is 9.93. The van der Waals surface area contributed by atoms with Gasteiger partial charge in [0.1, 0.15) is 11.4 Å². The van der Waals surface area contributed by atoms with Crippen molar-refractivity contribution in [3.8, 4) is 28.6 Å². The number of ether oxygens (including phenoxy) is 2. The molecule has 0 bridgehead atoms. The van der Waals surface area contributed by atoms with Gasteiger partial charge in [-0.15, -0.1) is 0 Å². The van der Waals surface area contributed by atoms with Crippen molar-refractivity contribution < 1.29 is 32.0 Å². The van der Waals surface area contributed by atoms with Gasteiger partial charge in [-0.05, 0) is 76.9 Å². The van der Waals surface area contributed by atoms with Crippen molar-refractivity contribution in [1.82, 2.24) is 10.1 Å². The molecule has 1 heterocycles. The van der Waals surface area contributed by atoms with Crippen molar-refractivity contribution in [1.29, 1.82) is 0 Å². The van der Waals surface area contributed by atoms with Gasteiger partial charge in [-0.2, -0.15) is 18.2 Å². The van der Waals surface area contributed by atoms with E-state index in [1.807, 2.05) is 13.0 Å². The molecule has 0 aliphatic heterocycles. The summed E-state index contributed by atoms with van der Waals surface area (Å²) in [6.07, 6.45) is -2.05. The van der Waals surface area contributed by atoms with Crippen LogP contribution in [0.25, 0.3) is 28.9 Å². The van der Waals surface area contributed by atoms with E-state index in [4.69, 9.17) is 14.0 Å². The number of hydrogen-bond acceptors (Lipinski definition) is 6. The summed E-state index contributed by atoms with van der Waals surface area (Å²) in [5.74, 6) is -0.530. The molecule has 0 aliphatic rings. The number of esters is 1. The minimum absolute atomic E-state index is 0.0464. The van der Waals surface area contributed by atoms with Gasteiger partial charge in [0.05, 0.1) is 11.7 Å². The van der Waals surface area contributed by atoms with Gasteiger partial charge in [0.2, 0.25) is 5.82 Å². The zero-order chi connectivity index (χ0) is 26.0. The molecule has 0 radical (unpaired) electrons. The van der Waals surface area contributed by atoms with Crippen LogP contribution in [0.5, 0.6) is 5.75 Å². The summed E-state index contributed by atoms with van der Waals surface area (Å²) >= 11 is 0. The number of halogens is 3. The lowest BCUT2D eigenvalue weighted by Gasteiger charge is -2.17. The Morgan fingerprint density at radius 3 is 2.40 bits per heavy atom. The molecule has 2 aromatic carbocycles. The molecule has 35 heavy (non-hydrogen) atoms. The second-order valence-electron chi connectivity index (χ2n) is 9.24. The van der Waals surface area contributed by atoms with E-state index < -0.39 is 29.4 Å². The maximum atomic E-state index is 13.6. The number of hydrogen-bond donors (Lipinski definition) is 0. The molecule has 0 saturated heterocycles. The van der Waals surface area contributed by atoms with Crippen LogP contribution in [0.2, 0.25) is 0 Å². The number of alkyl halides is 3.